The summed E-state index contributed by atoms with van der Waals surface area (Å²) in [6.07, 6.45) is 0. The smallest absolute Gasteiger partial charge is 0.0500 e. The minimum absolute atomic E-state index is 0.211. The Hall–Kier alpha value is -0.120. The number of methoxy groups -OCH3 is 1. The van der Waals surface area contributed by atoms with Crippen LogP contribution in [0.3, 0.4) is 0 Å². The van der Waals surface area contributed by atoms with E-state index >= 15 is 0 Å². The second kappa shape index (κ2) is 7.20. The standard InChI is InChI=1S/C12H28N2O/c1-6-14(7-11(2)8-15-5)10-12(3,4)9-13/h11H,6-10,13H2,1-5H3. The summed E-state index contributed by atoms with van der Waals surface area (Å²) < 4.78 is 5.15. The number of hydrogen-bond acceptors (Lipinski definition) is 3. The summed E-state index contributed by atoms with van der Waals surface area (Å²) in [5, 5.41) is 0. The molecule has 3 heteroatoms. The molecule has 0 bridgehead atoms. The highest BCUT2D eigenvalue weighted by Crippen LogP contribution is 2.15. The summed E-state index contributed by atoms with van der Waals surface area (Å²) >= 11 is 0. The molecule has 15 heavy (non-hydrogen) atoms. The van der Waals surface area contributed by atoms with E-state index in [1.165, 1.54) is 0 Å². The molecular formula is C12H28N2O. The highest BCUT2D eigenvalue weighted by atomic mass is 16.5. The Bertz CT molecular complexity index is 160. The fraction of sp³-hybridized carbons (Fsp3) is 1.00. The second-order valence-corrected chi connectivity index (χ2v) is 5.26. The van der Waals surface area contributed by atoms with Gasteiger partial charge in [0, 0.05) is 26.8 Å². The number of ether oxygens (including phenoxy) is 1. The molecule has 0 aromatic heterocycles. The SMILES string of the molecule is CCN(CC(C)COC)CC(C)(C)CN. The molecule has 92 valence electrons. The average Bonchev–Trinajstić information content (AvgIpc) is 2.17. The zero-order chi connectivity index (χ0) is 11.9. The van der Waals surface area contributed by atoms with Gasteiger partial charge in [0.2, 0.25) is 0 Å². The van der Waals surface area contributed by atoms with Crippen LogP contribution in [0.1, 0.15) is 27.7 Å². The van der Waals surface area contributed by atoms with Gasteiger partial charge in [-0.25, -0.2) is 0 Å². The van der Waals surface area contributed by atoms with Gasteiger partial charge in [-0.15, -0.1) is 0 Å². The zero-order valence-corrected chi connectivity index (χ0v) is 11.0. The van der Waals surface area contributed by atoms with Crippen LogP contribution in [-0.2, 0) is 4.74 Å². The molecule has 3 nitrogen and oxygen atoms in total. The van der Waals surface area contributed by atoms with Gasteiger partial charge in [0.15, 0.2) is 0 Å². The first-order valence-electron chi connectivity index (χ1n) is 5.86. The van der Waals surface area contributed by atoms with E-state index in [0.717, 1.165) is 32.8 Å². The lowest BCUT2D eigenvalue weighted by molar-refractivity contribution is 0.113. The Morgan fingerprint density at radius 3 is 2.40 bits per heavy atom. The summed E-state index contributed by atoms with van der Waals surface area (Å²) in [4.78, 5) is 2.45. The maximum atomic E-state index is 5.75. The van der Waals surface area contributed by atoms with Crippen molar-refractivity contribution in [2.45, 2.75) is 27.7 Å². The average molecular weight is 216 g/mol. The number of nitrogens with zero attached hydrogens (tertiary/aromatic N) is 1. The molecule has 2 N–H and O–H groups in total. The number of hydrogen-bond donors (Lipinski definition) is 1. The molecule has 0 aliphatic carbocycles. The molecule has 1 atom stereocenters. The van der Waals surface area contributed by atoms with Crippen molar-refractivity contribution in [2.75, 3.05) is 39.9 Å². The van der Waals surface area contributed by atoms with Crippen LogP contribution in [0.4, 0.5) is 0 Å². The van der Waals surface area contributed by atoms with E-state index in [1.54, 1.807) is 7.11 Å². The largest absolute Gasteiger partial charge is 0.384 e. The fourth-order valence-corrected chi connectivity index (χ4v) is 1.75. The first-order valence-corrected chi connectivity index (χ1v) is 5.86. The lowest BCUT2D eigenvalue weighted by Gasteiger charge is -2.32. The van der Waals surface area contributed by atoms with Crippen molar-refractivity contribution in [1.82, 2.24) is 4.90 Å². The van der Waals surface area contributed by atoms with Crippen molar-refractivity contribution in [1.29, 1.82) is 0 Å². The Morgan fingerprint density at radius 2 is 2.00 bits per heavy atom. The molecule has 0 radical (unpaired) electrons. The molecule has 0 amide bonds. The Kier molecular flexibility index (Phi) is 7.14. The molecule has 0 aliphatic heterocycles. The van der Waals surface area contributed by atoms with Crippen molar-refractivity contribution < 1.29 is 4.74 Å². The van der Waals surface area contributed by atoms with Crippen LogP contribution in [0.5, 0.6) is 0 Å². The fourth-order valence-electron chi connectivity index (χ4n) is 1.75. The summed E-state index contributed by atoms with van der Waals surface area (Å²) in [6, 6.07) is 0. The lowest BCUT2D eigenvalue weighted by atomic mass is 9.92. The predicted molar refractivity (Wildman–Crippen MR) is 66.0 cm³/mol. The van der Waals surface area contributed by atoms with E-state index in [0.29, 0.717) is 5.92 Å². The molecule has 0 saturated heterocycles. The number of rotatable bonds is 8. The third-order valence-corrected chi connectivity index (χ3v) is 2.67. The summed E-state index contributed by atoms with van der Waals surface area (Å²) in [5.74, 6) is 0.587. The van der Waals surface area contributed by atoms with Gasteiger partial charge in [-0.05, 0) is 24.4 Å². The minimum atomic E-state index is 0.211. The maximum Gasteiger partial charge on any atom is 0.0500 e. The van der Waals surface area contributed by atoms with E-state index in [1.807, 2.05) is 0 Å². The highest BCUT2D eigenvalue weighted by Gasteiger charge is 2.20. The second-order valence-electron chi connectivity index (χ2n) is 5.26. The Labute approximate surface area is 95.0 Å². The van der Waals surface area contributed by atoms with Crippen molar-refractivity contribution >= 4 is 0 Å². The van der Waals surface area contributed by atoms with Gasteiger partial charge < -0.3 is 15.4 Å². The van der Waals surface area contributed by atoms with E-state index in [2.05, 4.69) is 32.6 Å². The lowest BCUT2D eigenvalue weighted by Crippen LogP contribution is -2.41. The van der Waals surface area contributed by atoms with Crippen LogP contribution >= 0.6 is 0 Å². The Morgan fingerprint density at radius 1 is 1.40 bits per heavy atom. The van der Waals surface area contributed by atoms with E-state index < -0.39 is 0 Å². The summed E-state index contributed by atoms with van der Waals surface area (Å²) in [5.41, 5.74) is 5.96. The summed E-state index contributed by atoms with van der Waals surface area (Å²) in [7, 11) is 1.76. The third-order valence-electron chi connectivity index (χ3n) is 2.67. The minimum Gasteiger partial charge on any atom is -0.384 e. The van der Waals surface area contributed by atoms with Gasteiger partial charge in [0.1, 0.15) is 0 Å². The summed E-state index contributed by atoms with van der Waals surface area (Å²) in [6.45, 7) is 13.7. The van der Waals surface area contributed by atoms with Crippen LogP contribution in [0.2, 0.25) is 0 Å². The van der Waals surface area contributed by atoms with Crippen LogP contribution in [0.15, 0.2) is 0 Å². The van der Waals surface area contributed by atoms with Crippen LogP contribution in [0.25, 0.3) is 0 Å². The van der Waals surface area contributed by atoms with E-state index in [4.69, 9.17) is 10.5 Å². The highest BCUT2D eigenvalue weighted by molar-refractivity contribution is 4.75. The molecule has 0 fully saturated rings. The van der Waals surface area contributed by atoms with Gasteiger partial charge in [0.25, 0.3) is 0 Å². The first-order chi connectivity index (χ1) is 6.95. The van der Waals surface area contributed by atoms with Gasteiger partial charge in [0.05, 0.1) is 0 Å². The maximum absolute atomic E-state index is 5.75. The first kappa shape index (κ1) is 14.9. The monoisotopic (exact) mass is 216 g/mol. The molecule has 0 aliphatic rings. The quantitative estimate of drug-likeness (QED) is 0.669. The van der Waals surface area contributed by atoms with Gasteiger partial charge in [-0.1, -0.05) is 27.7 Å². The normalized spacial score (nSPS) is 14.6. The molecule has 0 rings (SSSR count). The van der Waals surface area contributed by atoms with Crippen molar-refractivity contribution in [2.24, 2.45) is 17.1 Å². The van der Waals surface area contributed by atoms with Crippen molar-refractivity contribution in [3.8, 4) is 0 Å². The molecule has 0 aromatic carbocycles. The zero-order valence-electron chi connectivity index (χ0n) is 11.0. The van der Waals surface area contributed by atoms with Crippen LogP contribution < -0.4 is 5.73 Å². The van der Waals surface area contributed by atoms with Crippen LogP contribution in [0, 0.1) is 11.3 Å². The Balaban J connectivity index is 4.02. The predicted octanol–water partition coefficient (Wildman–Crippen LogP) is 1.58. The van der Waals surface area contributed by atoms with Gasteiger partial charge in [-0.3, -0.25) is 0 Å². The molecule has 0 saturated carbocycles. The third kappa shape index (κ3) is 6.88. The molecule has 0 heterocycles. The molecular weight excluding hydrogens is 188 g/mol. The topological polar surface area (TPSA) is 38.5 Å². The van der Waals surface area contributed by atoms with E-state index in [9.17, 15) is 0 Å². The van der Waals surface area contributed by atoms with Crippen molar-refractivity contribution in [3.05, 3.63) is 0 Å². The van der Waals surface area contributed by atoms with Gasteiger partial charge in [-0.2, -0.15) is 0 Å². The van der Waals surface area contributed by atoms with Gasteiger partial charge >= 0.3 is 0 Å². The van der Waals surface area contributed by atoms with Crippen molar-refractivity contribution in [3.63, 3.8) is 0 Å². The molecule has 0 aromatic rings. The molecule has 0 spiro atoms. The molecule has 1 unspecified atom stereocenters. The van der Waals surface area contributed by atoms with Crippen LogP contribution in [-0.4, -0.2) is 44.8 Å². The van der Waals surface area contributed by atoms with E-state index in [-0.39, 0.29) is 5.41 Å². The number of nitrogens with two attached hydrogens (primary N) is 1.